The molecule has 0 N–H and O–H groups in total. The van der Waals surface area contributed by atoms with Crippen LogP contribution in [0.5, 0.6) is 11.5 Å². The first-order valence-corrected chi connectivity index (χ1v) is 26.5. The summed E-state index contributed by atoms with van der Waals surface area (Å²) in [5.74, 6) is -49.4. The fourth-order valence-corrected chi connectivity index (χ4v) is 11.4. The van der Waals surface area contributed by atoms with Crippen molar-refractivity contribution in [2.24, 2.45) is 0 Å². The fourth-order valence-electron chi connectivity index (χ4n) is 11.4. The second kappa shape index (κ2) is 19.8. The summed E-state index contributed by atoms with van der Waals surface area (Å²) in [5, 5.41) is 1.69. The van der Waals surface area contributed by atoms with E-state index in [4.69, 9.17) is 9.72 Å². The summed E-state index contributed by atoms with van der Waals surface area (Å²) in [6.07, 6.45) is 4.74. The van der Waals surface area contributed by atoms with Gasteiger partial charge in [-0.15, -0.1) is 29.7 Å². The zero-order chi connectivity index (χ0) is 62.0. The number of alkyl halides is 16. The van der Waals surface area contributed by atoms with E-state index in [9.17, 15) is 17.6 Å². The van der Waals surface area contributed by atoms with E-state index in [1.165, 1.54) is 28.8 Å². The Labute approximate surface area is 503 Å². The van der Waals surface area contributed by atoms with Crippen LogP contribution in [0.3, 0.4) is 0 Å². The molecule has 0 aliphatic heterocycles. The molecule has 13 rings (SSSR count). The number of imidazole rings is 1. The molecular weight excluding hydrogens is 1360 g/mol. The maximum Gasteiger partial charge on any atom is 0.382 e. The zero-order valence-corrected chi connectivity index (χ0v) is 47.6. The molecule has 3 heterocycles. The van der Waals surface area contributed by atoms with Crippen molar-refractivity contribution in [1.82, 2.24) is 14.1 Å². The van der Waals surface area contributed by atoms with Crippen LogP contribution in [0.4, 0.5) is 70.2 Å². The topological polar surface area (TPSA) is 35.9 Å². The SMILES string of the molecule is CC(C)(C)c1ccnc(-n2c3[c-]c(Oc4[c-]c(-n5[c-][n+](-c6c(-c7ccc8c(c7)C(F)(F)C(F)(F)C(F)(F)C8(F)F)cccc6-c6ccc7c(c6)C(F)(F)C(F)(F)C(F)(F)C7(F)F)c6ccccc65)ccc4)ccc3c3cc(-c4ccccc4)ccc32)c1.[Pt]. The predicted octanol–water partition coefficient (Wildman–Crippen LogP) is 18.8. The molecule has 2 aliphatic rings. The molecule has 3 aromatic heterocycles. The first-order chi connectivity index (χ1) is 40.8. The normalized spacial score (nSPS) is 18.1. The smallest absolute Gasteiger partial charge is 0.382 e. The number of hydrogen-bond donors (Lipinski definition) is 0. The number of hydrogen-bond acceptors (Lipinski definition) is 2. The van der Waals surface area contributed by atoms with Crippen molar-refractivity contribution in [2.45, 2.75) is 73.6 Å². The molecule has 0 saturated carbocycles. The Morgan fingerprint density at radius 1 is 0.455 bits per heavy atom. The number of fused-ring (bicyclic) bond motifs is 6. The summed E-state index contributed by atoms with van der Waals surface area (Å²) in [6.45, 7) is 6.23. The molecule has 22 heteroatoms. The van der Waals surface area contributed by atoms with Gasteiger partial charge in [-0.25, -0.2) is 4.98 Å². The summed E-state index contributed by atoms with van der Waals surface area (Å²) < 4.78 is 254. The number of halogens is 16. The van der Waals surface area contributed by atoms with Gasteiger partial charge in [0, 0.05) is 66.5 Å². The molecule has 0 saturated heterocycles. The number of aromatic nitrogens is 4. The van der Waals surface area contributed by atoms with E-state index in [0.29, 0.717) is 23.5 Å². The van der Waals surface area contributed by atoms with Gasteiger partial charge in [0.2, 0.25) is 0 Å². The average molecular weight is 1400 g/mol. The summed E-state index contributed by atoms with van der Waals surface area (Å²) in [5.41, 5.74) is -7.10. The van der Waals surface area contributed by atoms with E-state index >= 15 is 52.7 Å². The predicted molar refractivity (Wildman–Crippen MR) is 290 cm³/mol. The van der Waals surface area contributed by atoms with Crippen LogP contribution in [-0.2, 0) is 50.2 Å². The number of pyridine rings is 1. The minimum absolute atomic E-state index is 0. The van der Waals surface area contributed by atoms with Crippen molar-refractivity contribution in [1.29, 1.82) is 0 Å². The number of benzene rings is 8. The molecule has 8 aromatic carbocycles. The van der Waals surface area contributed by atoms with Crippen LogP contribution < -0.4 is 9.30 Å². The van der Waals surface area contributed by atoms with Crippen LogP contribution in [0.2, 0.25) is 0 Å². The standard InChI is InChI=1S/C66H38F16N4O.Pt/c1-58(2,3)40-27-28-83-56(32-40)86-52-26-21-37(36-11-5-4-6-12-36)29-47(52)46-23-22-43(34-55(46)86)87-42-14-9-13-41(33-42)84-35-85(54-18-8-7-17-53(54)84)57-44(38-19-24-48-50(30-38)61(71,72)65(79,80)63(75,76)59(48,67)68)15-10-16-45(57)39-20-25-49-51(31-39)62(73,74)66(81,82)64(77,78)60(49,69)70;/h4-32H,1-3H3;/q-2;. The van der Waals surface area contributed by atoms with E-state index in [0.717, 1.165) is 55.7 Å². The van der Waals surface area contributed by atoms with Crippen LogP contribution in [0, 0.1) is 18.5 Å². The summed E-state index contributed by atoms with van der Waals surface area (Å²) >= 11 is 0. The second-order valence-corrected chi connectivity index (χ2v) is 22.3. The van der Waals surface area contributed by atoms with Crippen molar-refractivity contribution >= 4 is 32.8 Å². The Morgan fingerprint density at radius 2 is 0.989 bits per heavy atom. The molecule has 0 spiro atoms. The van der Waals surface area contributed by atoms with E-state index in [1.54, 1.807) is 30.5 Å². The third-order valence-electron chi connectivity index (χ3n) is 16.0. The van der Waals surface area contributed by atoms with Gasteiger partial charge < -0.3 is 13.9 Å². The molecule has 0 radical (unpaired) electrons. The van der Waals surface area contributed by atoms with Gasteiger partial charge in [0.15, 0.2) is 0 Å². The summed E-state index contributed by atoms with van der Waals surface area (Å²) in [4.78, 5) is 4.77. The molecule has 0 unspecified atom stereocenters. The Balaban J connectivity index is 0.00000754. The zero-order valence-electron chi connectivity index (χ0n) is 45.3. The molecule has 452 valence electrons. The molecule has 0 atom stereocenters. The van der Waals surface area contributed by atoms with Crippen molar-refractivity contribution in [3.05, 3.63) is 222 Å². The minimum Gasteiger partial charge on any atom is -0.510 e. The summed E-state index contributed by atoms with van der Waals surface area (Å²) in [7, 11) is 0. The molecule has 2 aliphatic carbocycles. The largest absolute Gasteiger partial charge is 0.510 e. The number of nitrogens with zero attached hydrogens (tertiary/aromatic N) is 4. The van der Waals surface area contributed by atoms with Crippen molar-refractivity contribution < 1.29 is 101 Å². The van der Waals surface area contributed by atoms with E-state index in [1.807, 2.05) is 65.2 Å². The Kier molecular flexibility index (Phi) is 13.5. The average Bonchev–Trinajstić information content (AvgIpc) is 0.925. The van der Waals surface area contributed by atoms with Gasteiger partial charge in [0.25, 0.3) is 6.33 Å². The van der Waals surface area contributed by atoms with Crippen LogP contribution in [0.1, 0.15) is 48.6 Å². The van der Waals surface area contributed by atoms with Crippen molar-refractivity contribution in [3.63, 3.8) is 0 Å². The minimum atomic E-state index is -6.69. The molecule has 0 fully saturated rings. The number of para-hydroxylation sites is 3. The Morgan fingerprint density at radius 3 is 1.58 bits per heavy atom. The Hall–Kier alpha value is -8.45. The number of ether oxygens (including phenoxy) is 1. The van der Waals surface area contributed by atoms with E-state index in [2.05, 4.69) is 45.3 Å². The van der Waals surface area contributed by atoms with Gasteiger partial charge in [0.1, 0.15) is 5.82 Å². The molecule has 88 heavy (non-hydrogen) atoms. The summed E-state index contributed by atoms with van der Waals surface area (Å²) in [6, 6.07) is 45.2. The number of rotatable bonds is 8. The van der Waals surface area contributed by atoms with Gasteiger partial charge >= 0.3 is 47.4 Å². The van der Waals surface area contributed by atoms with Crippen molar-refractivity contribution in [2.75, 3.05) is 0 Å². The van der Waals surface area contributed by atoms with Crippen LogP contribution in [0.15, 0.2) is 176 Å². The first-order valence-electron chi connectivity index (χ1n) is 26.5. The van der Waals surface area contributed by atoms with Crippen molar-refractivity contribution in [3.8, 4) is 62.1 Å². The van der Waals surface area contributed by atoms with Gasteiger partial charge in [-0.1, -0.05) is 135 Å². The maximum absolute atomic E-state index is 15.7. The first kappa shape index (κ1) is 59.9. The molecule has 0 bridgehead atoms. The van der Waals surface area contributed by atoms with E-state index < -0.39 is 97.6 Å². The Bertz CT molecular complexity index is 4530. The monoisotopic (exact) mass is 1400 g/mol. The third-order valence-corrected chi connectivity index (χ3v) is 16.0. The van der Waals surface area contributed by atoms with Gasteiger partial charge in [0.05, 0.1) is 16.7 Å². The van der Waals surface area contributed by atoms with Gasteiger partial charge in [-0.2, -0.15) is 88.4 Å². The third kappa shape index (κ3) is 8.40. The van der Waals surface area contributed by atoms with E-state index in [-0.39, 0.29) is 79.0 Å². The molecule has 0 amide bonds. The molecule has 11 aromatic rings. The van der Waals surface area contributed by atoms with Gasteiger partial charge in [-0.05, 0) is 85.8 Å². The molecule has 5 nitrogen and oxygen atoms in total. The van der Waals surface area contributed by atoms with Crippen LogP contribution in [-0.4, -0.2) is 37.8 Å². The van der Waals surface area contributed by atoms with Gasteiger partial charge in [-0.3, -0.25) is 4.57 Å². The quantitative estimate of drug-likeness (QED) is 0.0863. The maximum atomic E-state index is 15.7. The van der Waals surface area contributed by atoms with Crippen LogP contribution in [0.25, 0.3) is 83.4 Å². The molecular formula is C66H38F16N4OPt-2. The fraction of sp³-hybridized carbons (Fsp3) is 0.182. The van der Waals surface area contributed by atoms with Crippen LogP contribution >= 0.6 is 0 Å². The second-order valence-electron chi connectivity index (χ2n) is 22.3.